The number of carboxylic acid groups (broad SMARTS) is 2. The van der Waals surface area contributed by atoms with Gasteiger partial charge < -0.3 is 68.3 Å². The summed E-state index contributed by atoms with van der Waals surface area (Å²) in [6.07, 6.45) is -4.03. The van der Waals surface area contributed by atoms with E-state index in [9.17, 15) is 71.6 Å². The van der Waals surface area contributed by atoms with Crippen LogP contribution in [0.1, 0.15) is 97.8 Å². The van der Waals surface area contributed by atoms with E-state index in [0.29, 0.717) is 29.5 Å². The van der Waals surface area contributed by atoms with Gasteiger partial charge in [0, 0.05) is 25.8 Å². The zero-order valence-corrected chi connectivity index (χ0v) is 48.3. The Kier molecular flexibility index (Phi) is 27.6. The van der Waals surface area contributed by atoms with E-state index in [4.69, 9.17) is 15.6 Å². The number of carboxylic acids is 2. The van der Waals surface area contributed by atoms with E-state index in [0.717, 1.165) is 0 Å². The number of nitrogens with zero attached hydrogens (tertiary/aromatic N) is 1. The third kappa shape index (κ3) is 23.5. The molecule has 1 aliphatic rings. The monoisotopic (exact) mass is 1180 g/mol. The van der Waals surface area contributed by atoms with Crippen molar-refractivity contribution in [2.45, 2.75) is 155 Å². The quantitative estimate of drug-likeness (QED) is 0.0497. The van der Waals surface area contributed by atoms with Gasteiger partial charge in [0.05, 0.1) is 12.6 Å². The zero-order chi connectivity index (χ0) is 63.2. The van der Waals surface area contributed by atoms with Crippen LogP contribution in [-0.4, -0.2) is 152 Å². The Bertz CT molecular complexity index is 2710. The normalized spacial score (nSPS) is 15.7. The number of rotatable bonds is 28. The van der Waals surface area contributed by atoms with Crippen LogP contribution >= 0.6 is 0 Å². The fourth-order valence-corrected chi connectivity index (χ4v) is 8.93. The summed E-state index contributed by atoms with van der Waals surface area (Å²) >= 11 is 0. The van der Waals surface area contributed by atoms with Crippen molar-refractivity contribution in [2.24, 2.45) is 29.4 Å². The summed E-state index contributed by atoms with van der Waals surface area (Å²) < 4.78 is 31.7. The van der Waals surface area contributed by atoms with Crippen molar-refractivity contribution in [3.8, 4) is 11.5 Å². The standard InChI is InChI=1S/C56H79N9O12.C2HF3O2/c1-31(2)25-40(57)49(69)60-41(26-32(3)4)51(71)61-42(27-35-13-10-9-11-14-35)50(70)58-30-46(68)59-44(29-37-18-22-39(67)23-19-37)55(75)65-24-12-15-45(65)53(73)63-47(33(5)6)54(74)62-43(28-36-16-20-38(66)21-17-36)52(72)64-48(34(7)8)56(76)77;3-2(4,5)1(6)7/h9-11,13-14,16-23,31-34,40-45,47-48,66-67H,12,15,24-30,57H2,1-8H3,(H,58,70)(H,59,68)(H,60,69)(H,61,71)(H,62,74)(H,63,73)(H,64,72)(H,76,77);(H,6,7)/t40-,41-,42-,43-,44-,45-,47-,48-;/m0./s1. The molecule has 0 aliphatic carbocycles. The second-order valence-corrected chi connectivity index (χ2v) is 22.1. The minimum Gasteiger partial charge on any atom is -0.508 e. The minimum atomic E-state index is -5.08. The van der Waals surface area contributed by atoms with Crippen LogP contribution in [0.3, 0.4) is 0 Å². The van der Waals surface area contributed by atoms with E-state index in [1.807, 2.05) is 27.7 Å². The largest absolute Gasteiger partial charge is 0.508 e. The van der Waals surface area contributed by atoms with E-state index < -0.39 is 132 Å². The molecule has 0 aromatic heterocycles. The molecule has 84 heavy (non-hydrogen) atoms. The minimum absolute atomic E-state index is 0.0240. The van der Waals surface area contributed by atoms with E-state index in [2.05, 4.69) is 37.2 Å². The molecule has 0 radical (unpaired) electrons. The van der Waals surface area contributed by atoms with Gasteiger partial charge >= 0.3 is 18.1 Å². The Labute approximate surface area is 485 Å². The van der Waals surface area contributed by atoms with Crippen molar-refractivity contribution in [2.75, 3.05) is 13.1 Å². The SMILES string of the molecule is CC(C)C[C@H](NC(=O)[C@@H](N)CC(C)C)C(=O)N[C@@H](Cc1ccccc1)C(=O)NCC(=O)N[C@@H](Cc1ccc(O)cc1)C(=O)N1CCC[C@H]1C(=O)N[C@H](C(=O)N[C@@H](Cc1ccc(O)cc1)C(=O)N[C@H](C(=O)O)C(C)C)C(C)C.O=C(O)C(F)(F)F. The number of aromatic hydroxyl groups is 2. The van der Waals surface area contributed by atoms with Crippen LogP contribution in [0.15, 0.2) is 78.9 Å². The molecule has 3 aromatic carbocycles. The molecule has 13 N–H and O–H groups in total. The summed E-state index contributed by atoms with van der Waals surface area (Å²) in [4.78, 5) is 134. The fraction of sp³-hybridized carbons (Fsp3) is 0.517. The molecule has 23 nitrogen and oxygen atoms in total. The number of phenolic OH excluding ortho intramolecular Hbond substituents is 2. The molecule has 1 saturated heterocycles. The number of aliphatic carboxylic acids is 2. The highest BCUT2D eigenvalue weighted by Crippen LogP contribution is 2.22. The van der Waals surface area contributed by atoms with Crippen molar-refractivity contribution in [1.82, 2.24) is 42.1 Å². The molecule has 4 rings (SSSR count). The first-order valence-electron chi connectivity index (χ1n) is 27.5. The van der Waals surface area contributed by atoms with Crippen LogP contribution in [0, 0.1) is 23.7 Å². The van der Waals surface area contributed by atoms with Crippen molar-refractivity contribution in [3.63, 3.8) is 0 Å². The predicted molar refractivity (Wildman–Crippen MR) is 301 cm³/mol. The first kappa shape index (κ1) is 70.0. The number of carbonyl (C=O) groups excluding carboxylic acids is 8. The maximum absolute atomic E-state index is 14.6. The molecule has 462 valence electrons. The maximum Gasteiger partial charge on any atom is 0.490 e. The number of likely N-dealkylation sites (tertiary alicyclic amines) is 1. The van der Waals surface area contributed by atoms with Crippen molar-refractivity contribution >= 4 is 59.2 Å². The molecule has 26 heteroatoms. The molecule has 3 aromatic rings. The average molecular weight is 1180 g/mol. The van der Waals surface area contributed by atoms with Gasteiger partial charge in [-0.15, -0.1) is 0 Å². The van der Waals surface area contributed by atoms with Crippen LogP contribution in [0.25, 0.3) is 0 Å². The number of hydrogen-bond donors (Lipinski definition) is 12. The van der Waals surface area contributed by atoms with Gasteiger partial charge in [0.2, 0.25) is 47.3 Å². The highest BCUT2D eigenvalue weighted by molar-refractivity contribution is 5.98. The van der Waals surface area contributed by atoms with E-state index in [-0.39, 0.29) is 62.0 Å². The third-order valence-corrected chi connectivity index (χ3v) is 13.3. The number of carbonyl (C=O) groups is 10. The van der Waals surface area contributed by atoms with Gasteiger partial charge in [0.25, 0.3) is 0 Å². The number of nitrogens with one attached hydrogen (secondary N) is 7. The lowest BCUT2D eigenvalue weighted by Crippen LogP contribution is -2.60. The number of benzene rings is 3. The van der Waals surface area contributed by atoms with E-state index >= 15 is 0 Å². The Morgan fingerprint density at radius 1 is 0.560 bits per heavy atom. The summed E-state index contributed by atoms with van der Waals surface area (Å²) in [5, 5.41) is 55.5. The summed E-state index contributed by atoms with van der Waals surface area (Å²) in [6, 6.07) is 11.4. The molecule has 1 heterocycles. The Morgan fingerprint density at radius 2 is 1.01 bits per heavy atom. The Balaban J connectivity index is 0.00000247. The summed E-state index contributed by atoms with van der Waals surface area (Å²) in [5.74, 6) is -10.6. The van der Waals surface area contributed by atoms with E-state index in [1.165, 1.54) is 29.2 Å². The smallest absolute Gasteiger partial charge is 0.490 e. The Hall–Kier alpha value is -8.29. The lowest BCUT2D eigenvalue weighted by molar-refractivity contribution is -0.192. The fourth-order valence-electron chi connectivity index (χ4n) is 8.93. The van der Waals surface area contributed by atoms with Gasteiger partial charge in [0.1, 0.15) is 53.8 Å². The van der Waals surface area contributed by atoms with Gasteiger partial charge in [-0.05, 0) is 90.3 Å². The highest BCUT2D eigenvalue weighted by Gasteiger charge is 2.41. The molecular formula is C58H80F3N9O14. The first-order valence-corrected chi connectivity index (χ1v) is 27.5. The number of amides is 8. The summed E-state index contributed by atoms with van der Waals surface area (Å²) in [7, 11) is 0. The number of halogens is 3. The van der Waals surface area contributed by atoms with Crippen molar-refractivity contribution < 1.29 is 81.5 Å². The summed E-state index contributed by atoms with van der Waals surface area (Å²) in [6.45, 7) is 13.7. The molecule has 1 fully saturated rings. The third-order valence-electron chi connectivity index (χ3n) is 13.3. The number of phenols is 2. The molecule has 0 saturated carbocycles. The molecular weight excluding hydrogens is 1100 g/mol. The lowest BCUT2D eigenvalue weighted by atomic mass is 9.99. The molecule has 8 atom stereocenters. The summed E-state index contributed by atoms with van der Waals surface area (Å²) in [5.41, 5.74) is 7.91. The van der Waals surface area contributed by atoms with Gasteiger partial charge in [-0.3, -0.25) is 38.4 Å². The molecule has 8 amide bonds. The molecule has 1 aliphatic heterocycles. The van der Waals surface area contributed by atoms with Gasteiger partial charge in [-0.25, -0.2) is 9.59 Å². The number of alkyl halides is 3. The van der Waals surface area contributed by atoms with Crippen LogP contribution in [0.2, 0.25) is 0 Å². The number of nitrogens with two attached hydrogens (primary N) is 1. The van der Waals surface area contributed by atoms with Crippen LogP contribution in [0.4, 0.5) is 13.2 Å². The molecule has 0 unspecified atom stereocenters. The van der Waals surface area contributed by atoms with Crippen LogP contribution in [0.5, 0.6) is 11.5 Å². The Morgan fingerprint density at radius 3 is 1.49 bits per heavy atom. The average Bonchev–Trinajstić information content (AvgIpc) is 3.58. The van der Waals surface area contributed by atoms with Gasteiger partial charge in [0.15, 0.2) is 0 Å². The molecule has 0 bridgehead atoms. The van der Waals surface area contributed by atoms with Crippen molar-refractivity contribution in [1.29, 1.82) is 0 Å². The van der Waals surface area contributed by atoms with Crippen molar-refractivity contribution in [3.05, 3.63) is 95.6 Å². The predicted octanol–water partition coefficient (Wildman–Crippen LogP) is 2.59. The zero-order valence-electron chi connectivity index (χ0n) is 48.3. The topological polar surface area (TPSA) is 365 Å². The molecule has 0 spiro atoms. The second kappa shape index (κ2) is 33.1. The lowest BCUT2D eigenvalue weighted by Gasteiger charge is -2.31. The number of hydrogen-bond acceptors (Lipinski definition) is 13. The second-order valence-electron chi connectivity index (χ2n) is 22.1. The van der Waals surface area contributed by atoms with Gasteiger partial charge in [-0.2, -0.15) is 13.2 Å². The van der Waals surface area contributed by atoms with Crippen LogP contribution < -0.4 is 43.0 Å². The highest BCUT2D eigenvalue weighted by atomic mass is 19.4. The van der Waals surface area contributed by atoms with Gasteiger partial charge in [-0.1, -0.05) is 110 Å². The van der Waals surface area contributed by atoms with E-state index in [1.54, 1.807) is 82.3 Å². The first-order chi connectivity index (χ1) is 39.3. The van der Waals surface area contributed by atoms with Crippen LogP contribution in [-0.2, 0) is 67.2 Å². The maximum atomic E-state index is 14.6.